The largest absolute Gasteiger partial charge is 0.311 e. The summed E-state index contributed by atoms with van der Waals surface area (Å²) >= 11 is 0. The zero-order chi connectivity index (χ0) is 20.4. The number of hydrogen-bond donors (Lipinski definition) is 1. The molecular weight excluding hydrogens is 344 g/mol. The first-order valence-electron chi connectivity index (χ1n) is 11.3. The molecule has 1 aliphatic carbocycles. The lowest BCUT2D eigenvalue weighted by molar-refractivity contribution is 0.159. The van der Waals surface area contributed by atoms with Crippen LogP contribution in [0.25, 0.3) is 0 Å². The topological polar surface area (TPSA) is 21.8 Å². The van der Waals surface area contributed by atoms with Crippen LogP contribution in [0.1, 0.15) is 81.6 Å². The summed E-state index contributed by atoms with van der Waals surface area (Å²) in [7, 11) is 4.35. The molecule has 1 N–H and O–H groups in total. The fourth-order valence-electron chi connectivity index (χ4n) is 4.34. The number of likely N-dealkylation sites (tertiary alicyclic amines) is 2. The summed E-state index contributed by atoms with van der Waals surface area (Å²) in [5.74, 6) is 0.866. The first-order chi connectivity index (χ1) is 12.4. The quantitative estimate of drug-likeness (QED) is 0.764. The lowest BCUT2D eigenvalue weighted by atomic mass is 10.00. The van der Waals surface area contributed by atoms with Crippen molar-refractivity contribution in [2.75, 3.05) is 40.3 Å². The Bertz CT molecular complexity index is 445. The van der Waals surface area contributed by atoms with E-state index in [0.717, 1.165) is 18.0 Å². The van der Waals surface area contributed by atoms with Gasteiger partial charge in [0, 0.05) is 48.8 Å². The van der Waals surface area contributed by atoms with Crippen LogP contribution in [0.4, 0.5) is 0 Å². The molecule has 3 fully saturated rings. The van der Waals surface area contributed by atoms with Gasteiger partial charge in [-0.2, -0.15) is 0 Å². The minimum Gasteiger partial charge on any atom is -0.311 e. The monoisotopic (exact) mass is 396 g/mol. The molecular formula is C24H52N4. The molecule has 0 amide bonds. The molecule has 0 spiro atoms. The van der Waals surface area contributed by atoms with E-state index < -0.39 is 0 Å². The van der Waals surface area contributed by atoms with E-state index in [1.54, 1.807) is 0 Å². The highest BCUT2D eigenvalue weighted by Crippen LogP contribution is 2.28. The molecule has 3 rings (SSSR count). The summed E-state index contributed by atoms with van der Waals surface area (Å²) in [6.07, 6.45) is 5.50. The molecule has 0 aromatic rings. The third kappa shape index (κ3) is 7.93. The number of hydrogen-bond acceptors (Lipinski definition) is 4. The van der Waals surface area contributed by atoms with E-state index in [4.69, 9.17) is 0 Å². The first kappa shape index (κ1) is 25.9. The maximum absolute atomic E-state index is 3.74. The van der Waals surface area contributed by atoms with Gasteiger partial charge >= 0.3 is 0 Å². The third-order valence-electron chi connectivity index (χ3n) is 6.80. The second kappa shape index (κ2) is 10.2. The van der Waals surface area contributed by atoms with Crippen molar-refractivity contribution in [3.8, 4) is 0 Å². The molecule has 2 aliphatic heterocycles. The Hall–Kier alpha value is -0.160. The van der Waals surface area contributed by atoms with Crippen LogP contribution in [-0.2, 0) is 0 Å². The highest BCUT2D eigenvalue weighted by Gasteiger charge is 2.34. The second-order valence-corrected chi connectivity index (χ2v) is 11.4. The number of nitrogens with zero attached hydrogens (tertiary/aromatic N) is 3. The van der Waals surface area contributed by atoms with Gasteiger partial charge in [-0.25, -0.2) is 0 Å². The Morgan fingerprint density at radius 1 is 0.821 bits per heavy atom. The van der Waals surface area contributed by atoms with Gasteiger partial charge in [0.2, 0.25) is 0 Å². The van der Waals surface area contributed by atoms with E-state index in [9.17, 15) is 0 Å². The van der Waals surface area contributed by atoms with E-state index in [2.05, 4.69) is 82.6 Å². The van der Waals surface area contributed by atoms with Crippen molar-refractivity contribution < 1.29 is 0 Å². The standard InChI is InChI=1S/C13H26N2.C10H22N2.CH4/c1-10(14-12-5-6-12)11-7-8-15(9-11)13(2,3)4;1-10(2,3)12-7-6-9(8-12)11(4)5;/h10-12,14H,5-9H2,1-4H3;9H,6-8H2,1-5H3;1H4. The van der Waals surface area contributed by atoms with Gasteiger partial charge < -0.3 is 10.2 Å². The van der Waals surface area contributed by atoms with Crippen LogP contribution in [-0.4, -0.2) is 84.2 Å². The maximum Gasteiger partial charge on any atom is 0.0229 e. The number of rotatable bonds is 4. The van der Waals surface area contributed by atoms with Crippen LogP contribution >= 0.6 is 0 Å². The lowest BCUT2D eigenvalue weighted by Gasteiger charge is -2.32. The second-order valence-electron chi connectivity index (χ2n) is 11.4. The van der Waals surface area contributed by atoms with Gasteiger partial charge in [0.1, 0.15) is 0 Å². The van der Waals surface area contributed by atoms with E-state index in [1.165, 1.54) is 51.9 Å². The summed E-state index contributed by atoms with van der Waals surface area (Å²) < 4.78 is 0. The fourth-order valence-corrected chi connectivity index (χ4v) is 4.34. The van der Waals surface area contributed by atoms with E-state index in [0.29, 0.717) is 17.1 Å². The smallest absolute Gasteiger partial charge is 0.0229 e. The first-order valence-corrected chi connectivity index (χ1v) is 11.3. The van der Waals surface area contributed by atoms with Crippen LogP contribution in [0, 0.1) is 5.92 Å². The average Bonchev–Trinajstić information content (AvgIpc) is 3.07. The molecule has 3 atom stereocenters. The highest BCUT2D eigenvalue weighted by atomic mass is 15.3. The minimum atomic E-state index is 0. The Labute approximate surface area is 177 Å². The third-order valence-corrected chi connectivity index (χ3v) is 6.80. The van der Waals surface area contributed by atoms with Crippen molar-refractivity contribution in [1.82, 2.24) is 20.0 Å². The molecule has 3 aliphatic rings. The Kier molecular flexibility index (Phi) is 9.46. The van der Waals surface area contributed by atoms with Crippen LogP contribution in [0.5, 0.6) is 0 Å². The van der Waals surface area contributed by atoms with Crippen molar-refractivity contribution in [1.29, 1.82) is 0 Å². The molecule has 0 aromatic heterocycles. The molecule has 3 unspecified atom stereocenters. The SMILES string of the molecule is C.CC(NC1CC1)C1CCN(C(C)(C)C)C1.CN(C)C1CCN(C(C)(C)C)C1. The van der Waals surface area contributed by atoms with Crippen molar-refractivity contribution >= 4 is 0 Å². The van der Waals surface area contributed by atoms with Crippen LogP contribution < -0.4 is 5.32 Å². The Balaban J connectivity index is 0.000000277. The summed E-state index contributed by atoms with van der Waals surface area (Å²) in [4.78, 5) is 7.53. The molecule has 4 heteroatoms. The fraction of sp³-hybridized carbons (Fsp3) is 1.00. The maximum atomic E-state index is 3.74. The Morgan fingerprint density at radius 2 is 1.32 bits per heavy atom. The molecule has 2 heterocycles. The van der Waals surface area contributed by atoms with Gasteiger partial charge in [0.25, 0.3) is 0 Å². The normalized spacial score (nSPS) is 28.1. The predicted octanol–water partition coefficient (Wildman–Crippen LogP) is 4.30. The molecule has 0 aromatic carbocycles. The van der Waals surface area contributed by atoms with E-state index in [-0.39, 0.29) is 7.43 Å². The van der Waals surface area contributed by atoms with Crippen molar-refractivity contribution in [3.05, 3.63) is 0 Å². The van der Waals surface area contributed by atoms with Gasteiger partial charge in [0.05, 0.1) is 0 Å². The summed E-state index contributed by atoms with van der Waals surface area (Å²) in [5.41, 5.74) is 0.707. The molecule has 0 radical (unpaired) electrons. The van der Waals surface area contributed by atoms with Crippen LogP contribution in [0.3, 0.4) is 0 Å². The molecule has 28 heavy (non-hydrogen) atoms. The summed E-state index contributed by atoms with van der Waals surface area (Å²) in [5, 5.41) is 3.74. The van der Waals surface area contributed by atoms with Gasteiger partial charge in [-0.3, -0.25) is 9.80 Å². The molecule has 0 bridgehead atoms. The van der Waals surface area contributed by atoms with Crippen LogP contribution in [0.15, 0.2) is 0 Å². The molecule has 2 saturated heterocycles. The summed E-state index contributed by atoms with van der Waals surface area (Å²) in [6, 6.07) is 2.33. The zero-order valence-electron chi connectivity index (χ0n) is 19.8. The lowest BCUT2D eigenvalue weighted by Crippen LogP contribution is -2.42. The number of likely N-dealkylation sites (N-methyl/N-ethyl adjacent to an activating group) is 1. The summed E-state index contributed by atoms with van der Waals surface area (Å²) in [6.45, 7) is 21.3. The van der Waals surface area contributed by atoms with Gasteiger partial charge in [0.15, 0.2) is 0 Å². The molecule has 4 nitrogen and oxygen atoms in total. The average molecular weight is 397 g/mol. The van der Waals surface area contributed by atoms with Gasteiger partial charge in [-0.15, -0.1) is 0 Å². The molecule has 168 valence electrons. The minimum absolute atomic E-state index is 0. The van der Waals surface area contributed by atoms with E-state index >= 15 is 0 Å². The van der Waals surface area contributed by atoms with Crippen LogP contribution in [0.2, 0.25) is 0 Å². The predicted molar refractivity (Wildman–Crippen MR) is 125 cm³/mol. The Morgan fingerprint density at radius 3 is 1.68 bits per heavy atom. The van der Waals surface area contributed by atoms with E-state index in [1.807, 2.05) is 0 Å². The highest BCUT2D eigenvalue weighted by molar-refractivity contribution is 4.92. The van der Waals surface area contributed by atoms with Crippen molar-refractivity contribution in [3.63, 3.8) is 0 Å². The van der Waals surface area contributed by atoms with Gasteiger partial charge in [-0.05, 0) is 101 Å². The number of nitrogens with one attached hydrogen (secondary N) is 1. The van der Waals surface area contributed by atoms with Crippen molar-refractivity contribution in [2.45, 2.75) is 111 Å². The van der Waals surface area contributed by atoms with Gasteiger partial charge in [-0.1, -0.05) is 7.43 Å². The molecule has 1 saturated carbocycles. The zero-order valence-corrected chi connectivity index (χ0v) is 19.8. The van der Waals surface area contributed by atoms with Crippen molar-refractivity contribution in [2.24, 2.45) is 5.92 Å².